The average molecular weight is 478 g/mol. The molecule has 2 aromatic carbocycles. The molecule has 2 aliphatic rings. The molecule has 2 aliphatic heterocycles. The van der Waals surface area contributed by atoms with Crippen LogP contribution < -0.4 is 4.74 Å². The van der Waals surface area contributed by atoms with Gasteiger partial charge in [0.25, 0.3) is 5.91 Å². The number of hydrogen-bond donors (Lipinski definition) is 0. The summed E-state index contributed by atoms with van der Waals surface area (Å²) in [5.41, 5.74) is 5.36. The van der Waals surface area contributed by atoms with E-state index in [1.807, 2.05) is 31.2 Å². The summed E-state index contributed by atoms with van der Waals surface area (Å²) in [5.74, 6) is 0.368. The van der Waals surface area contributed by atoms with Gasteiger partial charge in [-0.1, -0.05) is 35.9 Å². The van der Waals surface area contributed by atoms with Crippen LogP contribution in [0, 0.1) is 19.8 Å². The zero-order chi connectivity index (χ0) is 24.9. The number of methoxy groups -OCH3 is 1. The van der Waals surface area contributed by atoms with E-state index in [2.05, 4.69) is 36.9 Å². The van der Waals surface area contributed by atoms with Crippen molar-refractivity contribution < 1.29 is 19.1 Å². The molecular formula is C28H35N3O4. The molecule has 35 heavy (non-hydrogen) atoms. The largest absolute Gasteiger partial charge is 0.497 e. The minimum absolute atomic E-state index is 0.0601. The fourth-order valence-electron chi connectivity index (χ4n) is 5.04. The molecule has 1 fully saturated rings. The molecule has 0 saturated carbocycles. The fourth-order valence-corrected chi connectivity index (χ4v) is 5.04. The van der Waals surface area contributed by atoms with E-state index >= 15 is 0 Å². The van der Waals surface area contributed by atoms with E-state index in [9.17, 15) is 9.59 Å². The third-order valence-corrected chi connectivity index (χ3v) is 6.84. The molecule has 2 heterocycles. The summed E-state index contributed by atoms with van der Waals surface area (Å²) < 4.78 is 10.5. The van der Waals surface area contributed by atoms with Gasteiger partial charge in [-0.15, -0.1) is 0 Å². The van der Waals surface area contributed by atoms with Gasteiger partial charge in [0.2, 0.25) is 0 Å². The molecule has 7 heteroatoms. The number of carbonyl (C=O) groups is 2. The first-order valence-electron chi connectivity index (χ1n) is 12.4. The first-order valence-corrected chi connectivity index (χ1v) is 12.4. The highest BCUT2D eigenvalue weighted by atomic mass is 16.5. The van der Waals surface area contributed by atoms with Crippen LogP contribution in [0.1, 0.15) is 54.5 Å². The van der Waals surface area contributed by atoms with Gasteiger partial charge in [-0.25, -0.2) is 5.01 Å². The highest BCUT2D eigenvalue weighted by Gasteiger charge is 2.35. The summed E-state index contributed by atoms with van der Waals surface area (Å²) >= 11 is 0. The van der Waals surface area contributed by atoms with Gasteiger partial charge in [0.05, 0.1) is 37.9 Å². The molecule has 186 valence electrons. The van der Waals surface area contributed by atoms with E-state index in [4.69, 9.17) is 14.6 Å². The zero-order valence-corrected chi connectivity index (χ0v) is 21.1. The van der Waals surface area contributed by atoms with E-state index in [0.717, 1.165) is 47.5 Å². The molecule has 0 radical (unpaired) electrons. The van der Waals surface area contributed by atoms with Crippen LogP contribution in [-0.2, 0) is 14.3 Å². The molecule has 2 atom stereocenters. The van der Waals surface area contributed by atoms with Gasteiger partial charge < -0.3 is 9.47 Å². The third-order valence-electron chi connectivity index (χ3n) is 6.84. The molecule has 1 saturated heterocycles. The number of hydrogen-bond acceptors (Lipinski definition) is 6. The molecule has 0 unspecified atom stereocenters. The van der Waals surface area contributed by atoms with Crippen LogP contribution in [0.25, 0.3) is 0 Å². The maximum absolute atomic E-state index is 13.6. The predicted molar refractivity (Wildman–Crippen MR) is 135 cm³/mol. The minimum Gasteiger partial charge on any atom is -0.497 e. The Morgan fingerprint density at radius 1 is 1.11 bits per heavy atom. The molecule has 0 N–H and O–H groups in total. The third kappa shape index (κ3) is 5.73. The van der Waals surface area contributed by atoms with E-state index in [-0.39, 0.29) is 30.4 Å². The first kappa shape index (κ1) is 24.9. The van der Waals surface area contributed by atoms with Crippen molar-refractivity contribution in [2.45, 2.75) is 46.1 Å². The predicted octanol–water partition coefficient (Wildman–Crippen LogP) is 4.26. The number of benzene rings is 2. The number of amides is 1. The SMILES string of the molecule is CCOC(=O)[C@H]1CCCN(CC(=O)N2N=C(c3ccc(C)cc3C)C[C@@H]2c2ccc(OC)cc2)C1. The minimum atomic E-state index is -0.185. The Hall–Kier alpha value is -3.19. The lowest BCUT2D eigenvalue weighted by molar-refractivity contribution is -0.150. The second-order valence-electron chi connectivity index (χ2n) is 9.42. The number of rotatable bonds is 7. The van der Waals surface area contributed by atoms with Crippen molar-refractivity contribution in [1.29, 1.82) is 0 Å². The van der Waals surface area contributed by atoms with Crippen molar-refractivity contribution in [2.75, 3.05) is 33.4 Å². The van der Waals surface area contributed by atoms with E-state index in [1.54, 1.807) is 12.1 Å². The van der Waals surface area contributed by atoms with Crippen LogP contribution in [0.5, 0.6) is 5.75 Å². The topological polar surface area (TPSA) is 71.4 Å². The Labute approximate surface area is 207 Å². The highest BCUT2D eigenvalue weighted by Crippen LogP contribution is 2.34. The standard InChI is InChI=1S/C28H35N3O4/c1-5-35-28(33)22-7-6-14-30(17-22)18-27(32)31-26(21-9-11-23(34-4)12-10-21)16-25(29-31)24-13-8-19(2)15-20(24)3/h8-13,15,22,26H,5-7,14,16-18H2,1-4H3/t22-,26+/m0/s1. The van der Waals surface area contributed by atoms with Gasteiger partial charge in [-0.3, -0.25) is 14.5 Å². The van der Waals surface area contributed by atoms with E-state index < -0.39 is 0 Å². The Morgan fingerprint density at radius 2 is 1.89 bits per heavy atom. The number of aryl methyl sites for hydroxylation is 2. The Kier molecular flexibility index (Phi) is 7.86. The van der Waals surface area contributed by atoms with E-state index in [0.29, 0.717) is 19.6 Å². The molecule has 2 aromatic rings. The molecule has 0 bridgehead atoms. The maximum Gasteiger partial charge on any atom is 0.310 e. The van der Waals surface area contributed by atoms with E-state index in [1.165, 1.54) is 5.56 Å². The maximum atomic E-state index is 13.6. The quantitative estimate of drug-likeness (QED) is 0.557. The van der Waals surface area contributed by atoms with Crippen molar-refractivity contribution in [1.82, 2.24) is 9.91 Å². The summed E-state index contributed by atoms with van der Waals surface area (Å²) in [5, 5.41) is 6.49. The summed E-state index contributed by atoms with van der Waals surface area (Å²) in [6.45, 7) is 7.91. The number of esters is 1. The molecule has 0 spiro atoms. The van der Waals surface area contributed by atoms with Gasteiger partial charge in [-0.05, 0) is 63.4 Å². The Bertz CT molecular complexity index is 1100. The van der Waals surface area contributed by atoms with Crippen LogP contribution in [0.15, 0.2) is 47.6 Å². The lowest BCUT2D eigenvalue weighted by Gasteiger charge is -2.32. The van der Waals surface area contributed by atoms with Crippen molar-refractivity contribution in [3.8, 4) is 5.75 Å². The van der Waals surface area contributed by atoms with Crippen LogP contribution in [0.3, 0.4) is 0 Å². The normalized spacial score (nSPS) is 20.5. The van der Waals surface area contributed by atoms with Crippen molar-refractivity contribution in [2.24, 2.45) is 11.0 Å². The molecule has 0 aliphatic carbocycles. The number of likely N-dealkylation sites (tertiary alicyclic amines) is 1. The number of piperidine rings is 1. The van der Waals surface area contributed by atoms with Crippen LogP contribution >= 0.6 is 0 Å². The smallest absolute Gasteiger partial charge is 0.310 e. The lowest BCUT2D eigenvalue weighted by atomic mass is 9.95. The zero-order valence-electron chi connectivity index (χ0n) is 21.1. The first-order chi connectivity index (χ1) is 16.9. The monoisotopic (exact) mass is 477 g/mol. The summed E-state index contributed by atoms with van der Waals surface area (Å²) in [6.07, 6.45) is 2.32. The fraction of sp³-hybridized carbons (Fsp3) is 0.464. The van der Waals surface area contributed by atoms with Gasteiger partial charge in [-0.2, -0.15) is 5.10 Å². The average Bonchev–Trinajstić information content (AvgIpc) is 3.30. The summed E-state index contributed by atoms with van der Waals surface area (Å²) in [6, 6.07) is 14.0. The highest BCUT2D eigenvalue weighted by molar-refractivity contribution is 6.04. The second kappa shape index (κ2) is 11.0. The second-order valence-corrected chi connectivity index (χ2v) is 9.42. The number of carbonyl (C=O) groups excluding carboxylic acids is 2. The molecule has 1 amide bonds. The van der Waals surface area contributed by atoms with Crippen molar-refractivity contribution >= 4 is 17.6 Å². The van der Waals surface area contributed by atoms with Crippen molar-refractivity contribution in [3.05, 3.63) is 64.7 Å². The molecule has 7 nitrogen and oxygen atoms in total. The number of hydrazone groups is 1. The summed E-state index contributed by atoms with van der Waals surface area (Å²) in [4.78, 5) is 27.9. The van der Waals surface area contributed by atoms with Gasteiger partial charge in [0.1, 0.15) is 5.75 Å². The van der Waals surface area contributed by atoms with Gasteiger partial charge in [0, 0.05) is 18.5 Å². The van der Waals surface area contributed by atoms with Crippen molar-refractivity contribution in [3.63, 3.8) is 0 Å². The van der Waals surface area contributed by atoms with Crippen LogP contribution in [0.4, 0.5) is 0 Å². The lowest BCUT2D eigenvalue weighted by Crippen LogP contribution is -2.44. The number of ether oxygens (including phenoxy) is 2. The number of nitrogens with zero attached hydrogens (tertiary/aromatic N) is 3. The summed E-state index contributed by atoms with van der Waals surface area (Å²) in [7, 11) is 1.64. The molecular weight excluding hydrogens is 442 g/mol. The van der Waals surface area contributed by atoms with Crippen LogP contribution in [0.2, 0.25) is 0 Å². The molecule has 4 rings (SSSR count). The molecule has 0 aromatic heterocycles. The van der Waals surface area contributed by atoms with Crippen LogP contribution in [-0.4, -0.2) is 60.8 Å². The van der Waals surface area contributed by atoms with Gasteiger partial charge >= 0.3 is 5.97 Å². The Balaban J connectivity index is 1.56. The van der Waals surface area contributed by atoms with Gasteiger partial charge in [0.15, 0.2) is 0 Å². The Morgan fingerprint density at radius 3 is 2.57 bits per heavy atom.